The van der Waals surface area contributed by atoms with E-state index in [1.54, 1.807) is 0 Å². The number of rotatable bonds is 6. The van der Waals surface area contributed by atoms with Gasteiger partial charge in [-0.15, -0.1) is 0 Å². The monoisotopic (exact) mass is 755 g/mol. The van der Waals surface area contributed by atoms with Gasteiger partial charge in [0.2, 0.25) is 11.4 Å². The van der Waals surface area contributed by atoms with Crippen molar-refractivity contribution in [3.63, 3.8) is 0 Å². The van der Waals surface area contributed by atoms with E-state index >= 15 is 0 Å². The fourth-order valence-electron chi connectivity index (χ4n) is 8.42. The Morgan fingerprint density at radius 2 is 1.17 bits per heavy atom. The highest BCUT2D eigenvalue weighted by atomic mass is 16.5. The SMILES string of the molecule is CC(C)(C)c1ccnc(-n2c3cc(Oc4cccc([N+]5=C=[N+](c6ccccc6C(C)(C)C)c6ccccc65)c4)ccc3c3c2c2ccccc2n3-c2ccccc2)c1. The summed E-state index contributed by atoms with van der Waals surface area (Å²) in [6.45, 7) is 13.5. The van der Waals surface area contributed by atoms with E-state index in [0.717, 1.165) is 78.6 Å². The fourth-order valence-corrected chi connectivity index (χ4v) is 8.42. The number of ether oxygens (including phenoxy) is 1. The molecule has 0 saturated carbocycles. The van der Waals surface area contributed by atoms with Gasteiger partial charge in [-0.3, -0.25) is 4.57 Å². The maximum atomic E-state index is 6.79. The summed E-state index contributed by atoms with van der Waals surface area (Å²) in [5, 5.41) is 2.28. The third-order valence-electron chi connectivity index (χ3n) is 11.2. The third kappa shape index (κ3) is 5.84. The number of benzene rings is 6. The van der Waals surface area contributed by atoms with Crippen LogP contribution in [-0.4, -0.2) is 20.1 Å². The van der Waals surface area contributed by atoms with Gasteiger partial charge in [0.1, 0.15) is 17.3 Å². The van der Waals surface area contributed by atoms with E-state index in [-0.39, 0.29) is 10.8 Å². The zero-order valence-electron chi connectivity index (χ0n) is 33.7. The Labute approximate surface area is 338 Å². The van der Waals surface area contributed by atoms with Crippen molar-refractivity contribution < 1.29 is 4.74 Å². The number of hydrogen-bond donors (Lipinski definition) is 0. The molecule has 10 rings (SSSR count). The zero-order valence-corrected chi connectivity index (χ0v) is 33.7. The van der Waals surface area contributed by atoms with E-state index < -0.39 is 0 Å². The Morgan fingerprint density at radius 3 is 1.95 bits per heavy atom. The predicted octanol–water partition coefficient (Wildman–Crippen LogP) is 13.4. The second-order valence-corrected chi connectivity index (χ2v) is 17.2. The molecule has 3 aromatic heterocycles. The summed E-state index contributed by atoms with van der Waals surface area (Å²) < 4.78 is 15.8. The van der Waals surface area contributed by atoms with Crippen molar-refractivity contribution in [2.24, 2.45) is 0 Å². The smallest absolute Gasteiger partial charge is 0.457 e. The van der Waals surface area contributed by atoms with Gasteiger partial charge < -0.3 is 9.30 Å². The van der Waals surface area contributed by atoms with Gasteiger partial charge in [-0.25, -0.2) is 4.98 Å². The molecule has 1 aliphatic rings. The highest BCUT2D eigenvalue weighted by Gasteiger charge is 2.38. The lowest BCUT2D eigenvalue weighted by Gasteiger charge is -2.20. The summed E-state index contributed by atoms with van der Waals surface area (Å²) in [4.78, 5) is 5.02. The van der Waals surface area contributed by atoms with Crippen molar-refractivity contribution in [2.45, 2.75) is 52.4 Å². The summed E-state index contributed by atoms with van der Waals surface area (Å²) in [5.41, 5.74) is 12.2. The van der Waals surface area contributed by atoms with Crippen molar-refractivity contribution >= 4 is 61.6 Å². The molecule has 0 saturated heterocycles. The lowest BCUT2D eigenvalue weighted by molar-refractivity contribution is 0.483. The van der Waals surface area contributed by atoms with E-state index in [4.69, 9.17) is 9.72 Å². The van der Waals surface area contributed by atoms with Crippen molar-refractivity contribution in [2.75, 3.05) is 0 Å². The minimum Gasteiger partial charge on any atom is -0.457 e. The summed E-state index contributed by atoms with van der Waals surface area (Å²) in [5.74, 6) is 2.35. The molecule has 0 amide bonds. The van der Waals surface area contributed by atoms with Crippen LogP contribution in [0.5, 0.6) is 11.5 Å². The van der Waals surface area contributed by atoms with Crippen molar-refractivity contribution in [3.05, 3.63) is 175 Å². The normalized spacial score (nSPS) is 12.9. The molecule has 0 N–H and O–H groups in total. The van der Waals surface area contributed by atoms with E-state index in [0.29, 0.717) is 0 Å². The maximum Gasteiger partial charge on any atom is 0.503 e. The third-order valence-corrected chi connectivity index (χ3v) is 11.2. The van der Waals surface area contributed by atoms with E-state index in [2.05, 4.69) is 211 Å². The first kappa shape index (κ1) is 35.4. The van der Waals surface area contributed by atoms with Crippen LogP contribution in [0.3, 0.4) is 0 Å². The molecule has 58 heavy (non-hydrogen) atoms. The topological polar surface area (TPSA) is 38.0 Å². The Kier molecular flexibility index (Phi) is 8.12. The summed E-state index contributed by atoms with van der Waals surface area (Å²) in [7, 11) is 0. The lowest BCUT2D eigenvalue weighted by atomic mass is 9.85. The molecule has 0 fully saturated rings. The number of fused-ring (bicyclic) bond motifs is 6. The van der Waals surface area contributed by atoms with Crippen LogP contribution in [0.1, 0.15) is 52.7 Å². The van der Waals surface area contributed by atoms with Crippen LogP contribution in [0.2, 0.25) is 0 Å². The summed E-state index contributed by atoms with van der Waals surface area (Å²) in [6.07, 6.45) is 1.93. The highest BCUT2D eigenvalue weighted by Crippen LogP contribution is 2.43. The largest absolute Gasteiger partial charge is 0.503 e. The van der Waals surface area contributed by atoms with Crippen LogP contribution >= 0.6 is 0 Å². The Morgan fingerprint density at radius 1 is 0.517 bits per heavy atom. The van der Waals surface area contributed by atoms with Gasteiger partial charge in [-0.1, -0.05) is 114 Å². The van der Waals surface area contributed by atoms with Crippen LogP contribution in [0.15, 0.2) is 164 Å². The Bertz CT molecular complexity index is 3150. The van der Waals surface area contributed by atoms with Crippen molar-refractivity contribution in [3.8, 4) is 23.0 Å². The van der Waals surface area contributed by atoms with Crippen LogP contribution in [-0.2, 0) is 10.8 Å². The minimum absolute atomic E-state index is 0.0375. The molecule has 0 atom stereocenters. The van der Waals surface area contributed by atoms with E-state index in [1.807, 2.05) is 18.3 Å². The molecule has 0 unspecified atom stereocenters. The first-order chi connectivity index (χ1) is 28.0. The van der Waals surface area contributed by atoms with Gasteiger partial charge in [0.25, 0.3) is 11.4 Å². The van der Waals surface area contributed by atoms with Crippen molar-refractivity contribution in [1.82, 2.24) is 23.3 Å². The molecular formula is C52H45N5O+2. The molecule has 6 heteroatoms. The van der Waals surface area contributed by atoms with Crippen LogP contribution in [0, 0.1) is 0 Å². The molecule has 9 aromatic rings. The van der Waals surface area contributed by atoms with Gasteiger partial charge in [0.05, 0.1) is 28.1 Å². The van der Waals surface area contributed by atoms with Gasteiger partial charge in [-0.2, -0.15) is 0 Å². The lowest BCUT2D eigenvalue weighted by Crippen LogP contribution is -2.15. The second kappa shape index (κ2) is 13.3. The summed E-state index contributed by atoms with van der Waals surface area (Å²) in [6, 6.07) is 59.1. The minimum atomic E-state index is -0.0468. The average molecular weight is 756 g/mol. The quantitative estimate of drug-likeness (QED) is 0.159. The number of aromatic nitrogens is 3. The molecule has 6 nitrogen and oxygen atoms in total. The van der Waals surface area contributed by atoms with Crippen LogP contribution in [0.25, 0.3) is 44.3 Å². The molecule has 1 aliphatic heterocycles. The molecular weight excluding hydrogens is 711 g/mol. The summed E-state index contributed by atoms with van der Waals surface area (Å²) >= 11 is 0. The van der Waals surface area contributed by atoms with E-state index in [1.165, 1.54) is 11.1 Å². The van der Waals surface area contributed by atoms with Crippen molar-refractivity contribution in [1.29, 1.82) is 0 Å². The number of hydrogen-bond acceptors (Lipinski definition) is 2. The number of para-hydroxylation sites is 5. The molecule has 0 bridgehead atoms. The van der Waals surface area contributed by atoms with Gasteiger partial charge in [0.15, 0.2) is 0 Å². The predicted molar refractivity (Wildman–Crippen MR) is 240 cm³/mol. The van der Waals surface area contributed by atoms with Gasteiger partial charge in [0, 0.05) is 58.6 Å². The number of nitrogens with zero attached hydrogens (tertiary/aromatic N) is 5. The van der Waals surface area contributed by atoms with Gasteiger partial charge in [-0.05, 0) is 74.1 Å². The maximum absolute atomic E-state index is 6.79. The van der Waals surface area contributed by atoms with E-state index in [9.17, 15) is 0 Å². The first-order valence-corrected chi connectivity index (χ1v) is 20.0. The molecule has 4 heterocycles. The molecule has 282 valence electrons. The Hall–Kier alpha value is -7.01. The zero-order chi connectivity index (χ0) is 39.8. The number of pyridine rings is 1. The fraction of sp³-hybridized carbons (Fsp3) is 0.154. The first-order valence-electron chi connectivity index (χ1n) is 20.0. The average Bonchev–Trinajstić information content (AvgIpc) is 3.88. The van der Waals surface area contributed by atoms with Crippen LogP contribution < -0.4 is 13.9 Å². The molecule has 0 radical (unpaired) electrons. The molecule has 6 aromatic carbocycles. The van der Waals surface area contributed by atoms with Crippen LogP contribution in [0.4, 0.5) is 22.7 Å². The second-order valence-electron chi connectivity index (χ2n) is 17.2. The Balaban J connectivity index is 1.14. The standard InChI is InChI=1S/C52H45N5O/c1-51(2,3)35-29-30-53-48(31-35)57-47-33-39(27-28-41(47)49-50(57)40-21-10-12-23-43(40)56(49)36-17-8-7-9-18-36)58-38-20-16-19-37(32-38)54-34-55(46-26-15-14-25-45(46)54)44-24-13-11-22-42(44)52(4,5)6/h7-33H,1-6H3/q+2. The molecule has 0 aliphatic carbocycles. The highest BCUT2D eigenvalue weighted by molar-refractivity contribution is 6.20. The van der Waals surface area contributed by atoms with Gasteiger partial charge >= 0.3 is 6.01 Å². The molecule has 0 spiro atoms.